The van der Waals surface area contributed by atoms with E-state index in [4.69, 9.17) is 9.47 Å². The van der Waals surface area contributed by atoms with Gasteiger partial charge in [-0.05, 0) is 54.6 Å². The van der Waals surface area contributed by atoms with E-state index in [1.165, 1.54) is 37.4 Å². The van der Waals surface area contributed by atoms with E-state index in [-0.39, 0.29) is 16.3 Å². The second kappa shape index (κ2) is 10.00. The third-order valence-corrected chi connectivity index (χ3v) is 5.78. The van der Waals surface area contributed by atoms with Crippen LogP contribution in [0, 0.1) is 5.82 Å². The molecule has 0 fully saturated rings. The van der Waals surface area contributed by atoms with Crippen molar-refractivity contribution in [3.8, 4) is 11.5 Å². The van der Waals surface area contributed by atoms with Crippen molar-refractivity contribution in [1.82, 2.24) is 0 Å². The number of carbonyl (C=O) groups is 1. The van der Waals surface area contributed by atoms with Gasteiger partial charge in [0.15, 0.2) is 6.61 Å². The maximum atomic E-state index is 13.3. The molecule has 0 heterocycles. The van der Waals surface area contributed by atoms with Gasteiger partial charge < -0.3 is 14.8 Å². The highest BCUT2D eigenvalue weighted by Crippen LogP contribution is 2.33. The zero-order chi connectivity index (χ0) is 24.9. The highest BCUT2D eigenvalue weighted by atomic mass is 32.2. The summed E-state index contributed by atoms with van der Waals surface area (Å²) >= 11 is 0. The smallest absolute Gasteiger partial charge is 0.419 e. The Kier molecular flexibility index (Phi) is 7.30. The molecule has 180 valence electrons. The number of rotatable bonds is 8. The lowest BCUT2D eigenvalue weighted by Crippen LogP contribution is -2.21. The second-order valence-corrected chi connectivity index (χ2v) is 8.52. The third kappa shape index (κ3) is 6.38. The molecular formula is C22H18F4N2O5S. The molecule has 3 aromatic carbocycles. The predicted molar refractivity (Wildman–Crippen MR) is 116 cm³/mol. The highest BCUT2D eigenvalue weighted by molar-refractivity contribution is 7.92. The van der Waals surface area contributed by atoms with Gasteiger partial charge in [0.25, 0.3) is 15.9 Å². The van der Waals surface area contributed by atoms with Crippen molar-refractivity contribution in [3.05, 3.63) is 78.1 Å². The van der Waals surface area contributed by atoms with E-state index in [0.29, 0.717) is 23.6 Å². The predicted octanol–water partition coefficient (Wildman–Crippen LogP) is 4.67. The third-order valence-electron chi connectivity index (χ3n) is 4.38. The number of hydrogen-bond acceptors (Lipinski definition) is 5. The van der Waals surface area contributed by atoms with Crippen LogP contribution in [0.3, 0.4) is 0 Å². The maximum absolute atomic E-state index is 13.3. The molecule has 3 aromatic rings. The van der Waals surface area contributed by atoms with Gasteiger partial charge in [0, 0.05) is 11.8 Å². The molecular weight excluding hydrogens is 480 g/mol. The van der Waals surface area contributed by atoms with Crippen LogP contribution in [0.2, 0.25) is 0 Å². The molecule has 34 heavy (non-hydrogen) atoms. The summed E-state index contributed by atoms with van der Waals surface area (Å²) in [5, 5.41) is 2.18. The Morgan fingerprint density at radius 3 is 2.29 bits per heavy atom. The fraction of sp³-hybridized carbons (Fsp3) is 0.136. The minimum atomic E-state index is -4.91. The summed E-state index contributed by atoms with van der Waals surface area (Å²) < 4.78 is 89.4. The summed E-state index contributed by atoms with van der Waals surface area (Å²) in [6, 6.07) is 13.5. The molecule has 12 heteroatoms. The molecule has 3 rings (SSSR count). The Balaban J connectivity index is 1.60. The number of sulfonamides is 1. The molecule has 0 saturated carbocycles. The molecule has 1 amide bonds. The van der Waals surface area contributed by atoms with E-state index in [9.17, 15) is 30.8 Å². The van der Waals surface area contributed by atoms with Gasteiger partial charge in [-0.15, -0.1) is 0 Å². The van der Waals surface area contributed by atoms with Crippen LogP contribution in [0.1, 0.15) is 5.56 Å². The fourth-order valence-electron chi connectivity index (χ4n) is 2.78. The molecule has 7 nitrogen and oxygen atoms in total. The fourth-order valence-corrected chi connectivity index (χ4v) is 3.83. The number of benzene rings is 3. The quantitative estimate of drug-likeness (QED) is 0.441. The first kappa shape index (κ1) is 24.8. The van der Waals surface area contributed by atoms with E-state index < -0.39 is 40.1 Å². The lowest BCUT2D eigenvalue weighted by atomic mass is 10.2. The highest BCUT2D eigenvalue weighted by Gasteiger charge is 2.34. The van der Waals surface area contributed by atoms with E-state index in [2.05, 4.69) is 10.0 Å². The summed E-state index contributed by atoms with van der Waals surface area (Å²) in [4.78, 5) is 11.9. The Bertz CT molecular complexity index is 1280. The molecule has 0 bridgehead atoms. The Hall–Kier alpha value is -3.80. The van der Waals surface area contributed by atoms with Crippen molar-refractivity contribution < 1.29 is 40.2 Å². The number of amides is 1. The Morgan fingerprint density at radius 2 is 1.65 bits per heavy atom. The van der Waals surface area contributed by atoms with Gasteiger partial charge in [-0.1, -0.05) is 6.07 Å². The zero-order valence-corrected chi connectivity index (χ0v) is 18.3. The average Bonchev–Trinajstić information content (AvgIpc) is 2.78. The summed E-state index contributed by atoms with van der Waals surface area (Å²) in [7, 11) is -2.46. The standard InChI is InChI=1S/C22H18F4N2O5S/c1-32-17-4-2-3-15(11-17)28-34(30,31)18-8-6-16(7-9-18)33-13-21(29)27-14-5-10-20(23)19(12-14)22(24,25)26/h2-12,28H,13H2,1H3,(H,27,29). The van der Waals surface area contributed by atoms with Crippen molar-refractivity contribution in [2.45, 2.75) is 11.1 Å². The summed E-state index contributed by atoms with van der Waals surface area (Å²) in [5.74, 6) is -1.64. The van der Waals surface area contributed by atoms with E-state index in [0.717, 1.165) is 6.07 Å². The molecule has 0 aliphatic rings. The minimum absolute atomic E-state index is 0.0712. The topological polar surface area (TPSA) is 93.7 Å². The molecule has 0 unspecified atom stereocenters. The van der Waals surface area contributed by atoms with Crippen molar-refractivity contribution >= 4 is 27.3 Å². The summed E-state index contributed by atoms with van der Waals surface area (Å²) in [5.41, 5.74) is -1.47. The van der Waals surface area contributed by atoms with Crippen molar-refractivity contribution in [2.24, 2.45) is 0 Å². The van der Waals surface area contributed by atoms with Crippen LogP contribution in [0.5, 0.6) is 11.5 Å². The van der Waals surface area contributed by atoms with Crippen LogP contribution in [0.4, 0.5) is 28.9 Å². The molecule has 0 saturated heterocycles. The monoisotopic (exact) mass is 498 g/mol. The van der Waals surface area contributed by atoms with Crippen LogP contribution in [-0.2, 0) is 21.0 Å². The van der Waals surface area contributed by atoms with Crippen molar-refractivity contribution in [2.75, 3.05) is 23.8 Å². The Morgan fingerprint density at radius 1 is 0.941 bits per heavy atom. The zero-order valence-electron chi connectivity index (χ0n) is 17.5. The molecule has 0 aliphatic carbocycles. The van der Waals surface area contributed by atoms with E-state index in [1.807, 2.05) is 0 Å². The second-order valence-electron chi connectivity index (χ2n) is 6.84. The van der Waals surface area contributed by atoms with Crippen LogP contribution in [-0.4, -0.2) is 28.0 Å². The van der Waals surface area contributed by atoms with Gasteiger partial charge in [-0.25, -0.2) is 12.8 Å². The van der Waals surface area contributed by atoms with Gasteiger partial charge in [-0.2, -0.15) is 13.2 Å². The first-order valence-corrected chi connectivity index (χ1v) is 11.0. The normalized spacial score (nSPS) is 11.6. The number of anilines is 2. The van der Waals surface area contributed by atoms with Crippen molar-refractivity contribution in [3.63, 3.8) is 0 Å². The molecule has 0 aliphatic heterocycles. The van der Waals surface area contributed by atoms with Crippen LogP contribution in [0.25, 0.3) is 0 Å². The maximum Gasteiger partial charge on any atom is 0.419 e. The molecule has 0 aromatic heterocycles. The number of hydrogen-bond donors (Lipinski definition) is 2. The number of ether oxygens (including phenoxy) is 2. The van der Waals surface area contributed by atoms with Gasteiger partial charge in [-0.3, -0.25) is 9.52 Å². The number of alkyl halides is 3. The van der Waals surface area contributed by atoms with Crippen LogP contribution >= 0.6 is 0 Å². The van der Waals surface area contributed by atoms with Gasteiger partial charge in [0.05, 0.1) is 23.3 Å². The molecule has 0 radical (unpaired) electrons. The lowest BCUT2D eigenvalue weighted by molar-refractivity contribution is -0.140. The Labute approximate surface area is 192 Å². The summed E-state index contributed by atoms with van der Waals surface area (Å²) in [6.45, 7) is -0.577. The SMILES string of the molecule is COc1cccc(NS(=O)(=O)c2ccc(OCC(=O)Nc3ccc(F)c(C(F)(F)F)c3)cc2)c1. The van der Waals surface area contributed by atoms with Crippen LogP contribution in [0.15, 0.2) is 71.6 Å². The number of halogens is 4. The first-order valence-electron chi connectivity index (χ1n) is 9.54. The number of nitrogens with one attached hydrogen (secondary N) is 2. The van der Waals surface area contributed by atoms with E-state index >= 15 is 0 Å². The van der Waals surface area contributed by atoms with Gasteiger partial charge in [0.2, 0.25) is 0 Å². The summed E-state index contributed by atoms with van der Waals surface area (Å²) in [6.07, 6.45) is -4.91. The first-order chi connectivity index (χ1) is 16.0. The van der Waals surface area contributed by atoms with Crippen LogP contribution < -0.4 is 19.5 Å². The number of carbonyl (C=O) groups excluding carboxylic acids is 1. The van der Waals surface area contributed by atoms with Gasteiger partial charge in [0.1, 0.15) is 17.3 Å². The molecule has 0 spiro atoms. The molecule has 2 N–H and O–H groups in total. The minimum Gasteiger partial charge on any atom is -0.497 e. The van der Waals surface area contributed by atoms with E-state index in [1.54, 1.807) is 18.2 Å². The molecule has 0 atom stereocenters. The average molecular weight is 498 g/mol. The van der Waals surface area contributed by atoms with Gasteiger partial charge >= 0.3 is 6.18 Å². The lowest BCUT2D eigenvalue weighted by Gasteiger charge is -2.12. The number of methoxy groups -OCH3 is 1. The van der Waals surface area contributed by atoms with Crippen molar-refractivity contribution in [1.29, 1.82) is 0 Å². The largest absolute Gasteiger partial charge is 0.497 e.